The van der Waals surface area contributed by atoms with E-state index in [4.69, 9.17) is 14.2 Å². The molecule has 0 aliphatic rings. The molecule has 0 bridgehead atoms. The fourth-order valence-corrected chi connectivity index (χ4v) is 4.00. The van der Waals surface area contributed by atoms with Crippen LogP contribution in [-0.4, -0.2) is 34.9 Å². The molecule has 0 fully saturated rings. The first-order valence-electron chi connectivity index (χ1n) is 10.3. The highest BCUT2D eigenvalue weighted by Crippen LogP contribution is 2.30. The molecule has 0 spiro atoms. The number of carbonyl (C=O) groups is 2. The number of benzene rings is 3. The zero-order valence-corrected chi connectivity index (χ0v) is 19.8. The van der Waals surface area contributed by atoms with Crippen LogP contribution in [-0.2, 0) is 38.5 Å². The van der Waals surface area contributed by atoms with Crippen LogP contribution in [0.4, 0.5) is 5.69 Å². The number of carbonyl (C=O) groups excluding carboxylic acids is 2. The molecule has 3 rings (SSSR count). The van der Waals surface area contributed by atoms with E-state index in [-0.39, 0.29) is 18.5 Å². The van der Waals surface area contributed by atoms with Crippen LogP contribution in [0, 0.1) is 6.92 Å². The monoisotopic (exact) mass is 483 g/mol. The Hall–Kier alpha value is -3.69. The molecule has 0 saturated carbocycles. The number of ether oxygens (including phenoxy) is 3. The van der Waals surface area contributed by atoms with E-state index in [1.807, 2.05) is 25.1 Å². The van der Waals surface area contributed by atoms with Crippen molar-refractivity contribution in [2.75, 3.05) is 18.5 Å². The van der Waals surface area contributed by atoms with Crippen molar-refractivity contribution in [1.82, 2.24) is 0 Å². The van der Waals surface area contributed by atoms with E-state index in [0.717, 1.165) is 5.56 Å². The van der Waals surface area contributed by atoms with Crippen LogP contribution in [0.2, 0.25) is 0 Å². The molecule has 3 aromatic rings. The minimum atomic E-state index is -2.47. The summed E-state index contributed by atoms with van der Waals surface area (Å²) in [6, 6.07) is 19.1. The van der Waals surface area contributed by atoms with Crippen LogP contribution in [0.5, 0.6) is 11.5 Å². The first-order valence-corrected chi connectivity index (χ1v) is 11.4. The smallest absolute Gasteiger partial charge is 0.338 e. The second kappa shape index (κ2) is 11.4. The highest BCUT2D eigenvalue weighted by molar-refractivity contribution is 7.80. The summed E-state index contributed by atoms with van der Waals surface area (Å²) < 4.78 is 39.3. The molecule has 0 amide bonds. The van der Waals surface area contributed by atoms with Gasteiger partial charge in [0.15, 0.2) is 0 Å². The number of esters is 2. The maximum absolute atomic E-state index is 12.4. The highest BCUT2D eigenvalue weighted by Gasteiger charge is 2.22. The van der Waals surface area contributed by atoms with Gasteiger partial charge in [0.05, 0.1) is 38.4 Å². The lowest BCUT2D eigenvalue weighted by molar-refractivity contribution is -0.139. The normalized spacial score (nSPS) is 11.4. The molecular weight excluding hydrogens is 458 g/mol. The summed E-state index contributed by atoms with van der Waals surface area (Å²) in [5.41, 5.74) is 2.39. The second-order valence-corrected chi connectivity index (χ2v) is 8.28. The van der Waals surface area contributed by atoms with Crippen LogP contribution in [0.3, 0.4) is 0 Å². The van der Waals surface area contributed by atoms with Gasteiger partial charge in [-0.2, -0.15) is 0 Å². The minimum Gasteiger partial charge on any atom is -0.469 e. The number of para-hydroxylation sites is 1. The molecule has 0 aliphatic heterocycles. The lowest BCUT2D eigenvalue weighted by Crippen LogP contribution is -2.27. The van der Waals surface area contributed by atoms with Crippen molar-refractivity contribution in [3.05, 3.63) is 89.0 Å². The average molecular weight is 484 g/mol. The molecule has 3 aromatic carbocycles. The predicted molar refractivity (Wildman–Crippen MR) is 128 cm³/mol. The van der Waals surface area contributed by atoms with Crippen LogP contribution in [0.25, 0.3) is 0 Å². The Morgan fingerprint density at radius 1 is 0.912 bits per heavy atom. The molecule has 178 valence electrons. The van der Waals surface area contributed by atoms with Crippen LogP contribution < -0.4 is 9.04 Å². The summed E-state index contributed by atoms with van der Waals surface area (Å²) in [7, 11) is 2.54. The first kappa shape index (κ1) is 24.9. The Kier molecular flexibility index (Phi) is 8.39. The van der Waals surface area contributed by atoms with Crippen molar-refractivity contribution in [2.24, 2.45) is 0 Å². The van der Waals surface area contributed by atoms with Crippen molar-refractivity contribution >= 4 is 28.9 Å². The first-order chi connectivity index (χ1) is 16.3. The fraction of sp³-hybridized carbons (Fsp3) is 0.200. The van der Waals surface area contributed by atoms with Gasteiger partial charge in [0.25, 0.3) is 11.3 Å². The molecule has 0 heterocycles. The number of aryl methyl sites for hydroxylation is 1. The second-order valence-electron chi connectivity index (χ2n) is 7.38. The van der Waals surface area contributed by atoms with Gasteiger partial charge < -0.3 is 14.2 Å². The number of nitrogens with zero attached hydrogens (tertiary/aromatic N) is 1. The number of methoxy groups -OCH3 is 2. The predicted octanol–water partition coefficient (Wildman–Crippen LogP) is 4.43. The Bertz CT molecular complexity index is 1200. The van der Waals surface area contributed by atoms with E-state index in [9.17, 15) is 18.4 Å². The van der Waals surface area contributed by atoms with Gasteiger partial charge in [0, 0.05) is 0 Å². The molecule has 0 saturated heterocycles. The van der Waals surface area contributed by atoms with Crippen LogP contribution >= 0.6 is 0 Å². The van der Waals surface area contributed by atoms with Gasteiger partial charge in [-0.3, -0.25) is 13.7 Å². The Morgan fingerprint density at radius 3 is 2.29 bits per heavy atom. The molecule has 0 aromatic heterocycles. The van der Waals surface area contributed by atoms with Crippen molar-refractivity contribution in [2.45, 2.75) is 19.9 Å². The van der Waals surface area contributed by atoms with Gasteiger partial charge in [0.2, 0.25) is 0 Å². The summed E-state index contributed by atoms with van der Waals surface area (Å²) in [5.74, 6) is -0.0374. The third-order valence-electron chi connectivity index (χ3n) is 5.03. The van der Waals surface area contributed by atoms with Crippen molar-refractivity contribution in [3.8, 4) is 11.5 Å². The van der Waals surface area contributed by atoms with E-state index in [1.54, 1.807) is 48.5 Å². The van der Waals surface area contributed by atoms with E-state index in [2.05, 4.69) is 0 Å². The molecule has 9 heteroatoms. The van der Waals surface area contributed by atoms with Crippen LogP contribution in [0.15, 0.2) is 66.7 Å². The molecule has 8 nitrogen and oxygen atoms in total. The molecular formula is C25H25NO7S. The van der Waals surface area contributed by atoms with Crippen molar-refractivity contribution in [3.63, 3.8) is 0 Å². The zero-order valence-electron chi connectivity index (χ0n) is 19.0. The minimum absolute atomic E-state index is 0.0811. The molecule has 0 radical (unpaired) electrons. The van der Waals surface area contributed by atoms with Gasteiger partial charge in [-0.25, -0.2) is 9.00 Å². The SMILES string of the molecule is COC(=O)Cc1cc(C)ccc1N(Cc1cc(Oc2ccccc2)ccc1C(=O)OC)S(=O)O. The van der Waals surface area contributed by atoms with Gasteiger partial charge in [-0.15, -0.1) is 0 Å². The average Bonchev–Trinajstić information content (AvgIpc) is 2.83. The number of hydrogen-bond acceptors (Lipinski definition) is 6. The molecule has 1 N–H and O–H groups in total. The number of hydrogen-bond donors (Lipinski definition) is 1. The van der Waals surface area contributed by atoms with E-state index in [0.29, 0.717) is 28.3 Å². The van der Waals surface area contributed by atoms with Gasteiger partial charge in [0.1, 0.15) is 11.5 Å². The lowest BCUT2D eigenvalue weighted by Gasteiger charge is -2.24. The van der Waals surface area contributed by atoms with Crippen LogP contribution in [0.1, 0.15) is 27.0 Å². The third-order valence-corrected chi connectivity index (χ3v) is 5.73. The number of anilines is 1. The van der Waals surface area contributed by atoms with Gasteiger partial charge in [-0.1, -0.05) is 35.9 Å². The van der Waals surface area contributed by atoms with E-state index in [1.165, 1.54) is 18.5 Å². The maximum Gasteiger partial charge on any atom is 0.338 e. The maximum atomic E-state index is 12.4. The van der Waals surface area contributed by atoms with E-state index >= 15 is 0 Å². The summed E-state index contributed by atoms with van der Waals surface area (Å²) in [4.78, 5) is 24.3. The molecule has 1 unspecified atom stereocenters. The largest absolute Gasteiger partial charge is 0.469 e. The zero-order chi connectivity index (χ0) is 24.7. The van der Waals surface area contributed by atoms with Gasteiger partial charge in [-0.05, 0) is 54.4 Å². The van der Waals surface area contributed by atoms with Crippen molar-refractivity contribution < 1.29 is 32.6 Å². The summed E-state index contributed by atoms with van der Waals surface area (Å²) in [6.45, 7) is 1.72. The highest BCUT2D eigenvalue weighted by atomic mass is 32.2. The Balaban J connectivity index is 2.03. The summed E-state index contributed by atoms with van der Waals surface area (Å²) in [5, 5.41) is 0. The fourth-order valence-electron chi connectivity index (χ4n) is 3.40. The quantitative estimate of drug-likeness (QED) is 0.355. The topological polar surface area (TPSA) is 102 Å². The lowest BCUT2D eigenvalue weighted by atomic mass is 10.0. The Labute approximate surface area is 200 Å². The van der Waals surface area contributed by atoms with Gasteiger partial charge >= 0.3 is 11.9 Å². The standard InChI is InChI=1S/C25H25NO7S/c1-17-9-12-23(18(13-17)15-24(27)31-2)26(34(29)30)16-19-14-21(10-11-22(19)25(28)32-3)33-20-7-5-4-6-8-20/h4-14H,15-16H2,1-3H3,(H,29,30). The van der Waals surface area contributed by atoms with E-state index < -0.39 is 23.2 Å². The number of rotatable bonds is 9. The molecule has 34 heavy (non-hydrogen) atoms. The van der Waals surface area contributed by atoms with Crippen molar-refractivity contribution in [1.29, 1.82) is 0 Å². The summed E-state index contributed by atoms with van der Waals surface area (Å²) >= 11 is -2.47. The third kappa shape index (κ3) is 6.21. The molecule has 1 atom stereocenters. The molecule has 0 aliphatic carbocycles. The summed E-state index contributed by atoms with van der Waals surface area (Å²) in [6.07, 6.45) is -0.0811. The Morgan fingerprint density at radius 2 is 1.65 bits per heavy atom.